The molecule has 0 aromatic heterocycles. The maximum atomic E-state index is 12.9. The Morgan fingerprint density at radius 2 is 2.27 bits per heavy atom. The Labute approximate surface area is 124 Å². The van der Waals surface area contributed by atoms with E-state index in [2.05, 4.69) is 5.10 Å². The highest BCUT2D eigenvalue weighted by atomic mass is 19.4. The molecular formula is C14H12F3N3O2. The standard InChI is InChI=1S/C14H12F3N3O2/c1-2-22-13(21)11-7-12(14(15,16)17)19-20(11)10-5-3-4-9(6-10)8-18/h3-6,11H,2,7H2,1H3. The number of benzene rings is 1. The summed E-state index contributed by atoms with van der Waals surface area (Å²) in [5, 5.41) is 13.3. The largest absolute Gasteiger partial charge is 0.464 e. The molecule has 0 radical (unpaired) electrons. The monoisotopic (exact) mass is 311 g/mol. The molecule has 0 N–H and O–H groups in total. The number of hydrogen-bond acceptors (Lipinski definition) is 5. The Morgan fingerprint density at radius 1 is 1.55 bits per heavy atom. The minimum Gasteiger partial charge on any atom is -0.464 e. The fraction of sp³-hybridized carbons (Fsp3) is 0.357. The third-order valence-electron chi connectivity index (χ3n) is 3.04. The molecule has 116 valence electrons. The van der Waals surface area contributed by atoms with E-state index in [9.17, 15) is 18.0 Å². The number of hydrazone groups is 1. The molecule has 1 aliphatic heterocycles. The molecule has 0 aliphatic carbocycles. The van der Waals surface area contributed by atoms with E-state index in [1.165, 1.54) is 24.3 Å². The summed E-state index contributed by atoms with van der Waals surface area (Å²) in [6.07, 6.45) is -5.20. The fourth-order valence-corrected chi connectivity index (χ4v) is 2.06. The van der Waals surface area contributed by atoms with E-state index in [4.69, 9.17) is 10.00 Å². The first-order chi connectivity index (χ1) is 10.4. The predicted molar refractivity (Wildman–Crippen MR) is 72.2 cm³/mol. The molecule has 1 aliphatic rings. The molecule has 1 heterocycles. The summed E-state index contributed by atoms with van der Waals surface area (Å²) in [7, 11) is 0. The second kappa shape index (κ2) is 6.05. The molecule has 5 nitrogen and oxygen atoms in total. The van der Waals surface area contributed by atoms with Crippen molar-refractivity contribution in [1.29, 1.82) is 5.26 Å². The Bertz CT molecular complexity index is 649. The van der Waals surface area contributed by atoms with Crippen LogP contribution in [0.5, 0.6) is 0 Å². The quantitative estimate of drug-likeness (QED) is 0.805. The number of nitrogens with zero attached hydrogens (tertiary/aromatic N) is 3. The number of alkyl halides is 3. The van der Waals surface area contributed by atoms with Gasteiger partial charge in [0.05, 0.1) is 23.9 Å². The van der Waals surface area contributed by atoms with Crippen molar-refractivity contribution in [2.75, 3.05) is 11.6 Å². The lowest BCUT2D eigenvalue weighted by molar-refractivity contribution is -0.144. The Morgan fingerprint density at radius 3 is 2.86 bits per heavy atom. The van der Waals surface area contributed by atoms with Crippen molar-refractivity contribution in [1.82, 2.24) is 0 Å². The number of nitriles is 1. The van der Waals surface area contributed by atoms with Crippen LogP contribution in [0, 0.1) is 11.3 Å². The minimum atomic E-state index is -4.62. The molecule has 0 saturated heterocycles. The van der Waals surface area contributed by atoms with E-state index < -0.39 is 30.3 Å². The number of carbonyl (C=O) groups is 1. The normalized spacial score (nSPS) is 17.9. The SMILES string of the molecule is CCOC(=O)C1CC(C(F)(F)F)=NN1c1cccc(C#N)c1. The number of carbonyl (C=O) groups excluding carboxylic acids is 1. The maximum absolute atomic E-state index is 12.9. The third kappa shape index (κ3) is 3.19. The zero-order chi connectivity index (χ0) is 16.3. The first kappa shape index (κ1) is 15.8. The zero-order valence-corrected chi connectivity index (χ0v) is 11.6. The van der Waals surface area contributed by atoms with Crippen molar-refractivity contribution in [3.63, 3.8) is 0 Å². The molecule has 0 amide bonds. The van der Waals surface area contributed by atoms with Gasteiger partial charge in [-0.25, -0.2) is 4.79 Å². The second-order valence-corrected chi connectivity index (χ2v) is 4.52. The highest BCUT2D eigenvalue weighted by Crippen LogP contribution is 2.32. The lowest BCUT2D eigenvalue weighted by atomic mass is 10.1. The van der Waals surface area contributed by atoms with Crippen LogP contribution in [0.4, 0.5) is 18.9 Å². The van der Waals surface area contributed by atoms with Gasteiger partial charge in [0, 0.05) is 6.42 Å². The number of ether oxygens (including phenoxy) is 1. The maximum Gasteiger partial charge on any atom is 0.431 e. The van der Waals surface area contributed by atoms with Crippen molar-refractivity contribution in [3.05, 3.63) is 29.8 Å². The lowest BCUT2D eigenvalue weighted by Crippen LogP contribution is -2.36. The average Bonchev–Trinajstić information content (AvgIpc) is 2.93. The number of hydrogen-bond donors (Lipinski definition) is 0. The molecule has 0 saturated carbocycles. The summed E-state index contributed by atoms with van der Waals surface area (Å²) < 4.78 is 43.4. The molecule has 22 heavy (non-hydrogen) atoms. The number of halogens is 3. The molecule has 0 spiro atoms. The van der Waals surface area contributed by atoms with Crippen molar-refractivity contribution >= 4 is 17.4 Å². The molecule has 1 atom stereocenters. The van der Waals surface area contributed by atoms with Gasteiger partial charge in [-0.3, -0.25) is 5.01 Å². The van der Waals surface area contributed by atoms with Crippen LogP contribution < -0.4 is 5.01 Å². The van der Waals surface area contributed by atoms with Crippen molar-refractivity contribution in [3.8, 4) is 6.07 Å². The van der Waals surface area contributed by atoms with Crippen LogP contribution >= 0.6 is 0 Å². The topological polar surface area (TPSA) is 65.7 Å². The van der Waals surface area contributed by atoms with Gasteiger partial charge >= 0.3 is 12.1 Å². The molecule has 1 unspecified atom stereocenters. The van der Waals surface area contributed by atoms with E-state index in [-0.39, 0.29) is 17.9 Å². The summed E-state index contributed by atoms with van der Waals surface area (Å²) in [5.41, 5.74) is -0.556. The van der Waals surface area contributed by atoms with Gasteiger partial charge in [-0.05, 0) is 25.1 Å². The average molecular weight is 311 g/mol. The highest BCUT2D eigenvalue weighted by Gasteiger charge is 2.46. The highest BCUT2D eigenvalue weighted by molar-refractivity contribution is 5.99. The van der Waals surface area contributed by atoms with Crippen molar-refractivity contribution < 1.29 is 22.7 Å². The van der Waals surface area contributed by atoms with E-state index in [1.54, 1.807) is 6.92 Å². The zero-order valence-electron chi connectivity index (χ0n) is 11.6. The van der Waals surface area contributed by atoms with Gasteiger partial charge in [0.1, 0.15) is 5.71 Å². The molecule has 1 aromatic carbocycles. The van der Waals surface area contributed by atoms with E-state index in [0.717, 1.165) is 5.01 Å². The van der Waals surface area contributed by atoms with Crippen LogP contribution in [0.1, 0.15) is 18.9 Å². The molecule has 1 aromatic rings. The summed E-state index contributed by atoms with van der Waals surface area (Å²) >= 11 is 0. The smallest absolute Gasteiger partial charge is 0.431 e. The molecular weight excluding hydrogens is 299 g/mol. The fourth-order valence-electron chi connectivity index (χ4n) is 2.06. The van der Waals surface area contributed by atoms with Crippen molar-refractivity contribution in [2.45, 2.75) is 25.6 Å². The van der Waals surface area contributed by atoms with Gasteiger partial charge in [0.25, 0.3) is 0 Å². The predicted octanol–water partition coefficient (Wildman–Crippen LogP) is 2.62. The second-order valence-electron chi connectivity index (χ2n) is 4.52. The van der Waals surface area contributed by atoms with Gasteiger partial charge < -0.3 is 4.74 Å². The van der Waals surface area contributed by atoms with Crippen LogP contribution in [0.2, 0.25) is 0 Å². The van der Waals surface area contributed by atoms with Gasteiger partial charge in [0.2, 0.25) is 0 Å². The first-order valence-corrected chi connectivity index (χ1v) is 6.47. The summed E-state index contributed by atoms with van der Waals surface area (Å²) in [4.78, 5) is 11.9. The van der Waals surface area contributed by atoms with Gasteiger partial charge in [-0.1, -0.05) is 6.07 Å². The Balaban J connectivity index is 2.39. The first-order valence-electron chi connectivity index (χ1n) is 6.47. The Hall–Kier alpha value is -2.56. The van der Waals surface area contributed by atoms with Crippen LogP contribution in [0.15, 0.2) is 29.4 Å². The summed E-state index contributed by atoms with van der Waals surface area (Å²) in [5.74, 6) is -0.784. The van der Waals surface area contributed by atoms with Crippen LogP contribution in [-0.4, -0.2) is 30.5 Å². The lowest BCUT2D eigenvalue weighted by Gasteiger charge is -2.21. The van der Waals surface area contributed by atoms with Crippen LogP contribution in [0.25, 0.3) is 0 Å². The van der Waals surface area contributed by atoms with Gasteiger partial charge in [-0.15, -0.1) is 0 Å². The number of anilines is 1. The van der Waals surface area contributed by atoms with E-state index in [0.29, 0.717) is 0 Å². The van der Waals surface area contributed by atoms with Gasteiger partial charge in [-0.2, -0.15) is 23.5 Å². The van der Waals surface area contributed by atoms with Crippen LogP contribution in [-0.2, 0) is 9.53 Å². The minimum absolute atomic E-state index is 0.0583. The third-order valence-corrected chi connectivity index (χ3v) is 3.04. The van der Waals surface area contributed by atoms with E-state index >= 15 is 0 Å². The Kier molecular flexibility index (Phi) is 4.35. The van der Waals surface area contributed by atoms with Gasteiger partial charge in [0.15, 0.2) is 6.04 Å². The summed E-state index contributed by atoms with van der Waals surface area (Å²) in [6.45, 7) is 1.63. The summed E-state index contributed by atoms with van der Waals surface area (Å²) in [6, 6.07) is 6.57. The number of esters is 1. The molecule has 2 rings (SSSR count). The van der Waals surface area contributed by atoms with E-state index in [1.807, 2.05) is 6.07 Å². The molecule has 0 fully saturated rings. The molecule has 0 bridgehead atoms. The van der Waals surface area contributed by atoms with Crippen molar-refractivity contribution in [2.24, 2.45) is 5.10 Å². The number of rotatable bonds is 3. The van der Waals surface area contributed by atoms with Crippen LogP contribution in [0.3, 0.4) is 0 Å². The molecule has 8 heteroatoms.